The number of nitrogens with one attached hydrogen (secondary N) is 1. The van der Waals surface area contributed by atoms with Gasteiger partial charge in [-0.25, -0.2) is 18.7 Å². The highest BCUT2D eigenvalue weighted by Crippen LogP contribution is 2.44. The first-order valence-electron chi connectivity index (χ1n) is 6.42. The van der Waals surface area contributed by atoms with Gasteiger partial charge in [0.2, 0.25) is 0 Å². The second-order valence-corrected chi connectivity index (χ2v) is 6.43. The normalized spacial score (nSPS) is 14.3. The van der Waals surface area contributed by atoms with E-state index in [1.54, 1.807) is 7.05 Å². The number of nitrogens with zero attached hydrogens (tertiary/aromatic N) is 2. The molecule has 1 N–H and O–H groups in total. The number of anilines is 1. The molecule has 0 amide bonds. The van der Waals surface area contributed by atoms with Gasteiger partial charge in [-0.2, -0.15) is 0 Å². The third kappa shape index (κ3) is 2.68. The summed E-state index contributed by atoms with van der Waals surface area (Å²) in [5.41, 5.74) is 1.33. The van der Waals surface area contributed by atoms with Gasteiger partial charge in [-0.1, -0.05) is 0 Å². The van der Waals surface area contributed by atoms with Gasteiger partial charge in [0.05, 0.1) is 14.6 Å². The Morgan fingerprint density at radius 1 is 1.14 bits per heavy atom. The molecule has 0 atom stereocenters. The van der Waals surface area contributed by atoms with Gasteiger partial charge < -0.3 is 5.32 Å². The van der Waals surface area contributed by atoms with Gasteiger partial charge in [0.15, 0.2) is 17.5 Å². The first-order chi connectivity index (χ1) is 10.0. The van der Waals surface area contributed by atoms with Crippen LogP contribution in [0.5, 0.6) is 0 Å². The van der Waals surface area contributed by atoms with Gasteiger partial charge in [0.1, 0.15) is 5.82 Å². The number of halogens is 4. The molecule has 21 heavy (non-hydrogen) atoms. The van der Waals surface area contributed by atoms with Crippen molar-refractivity contribution in [2.24, 2.45) is 0 Å². The van der Waals surface area contributed by atoms with Crippen LogP contribution in [0.4, 0.5) is 14.6 Å². The van der Waals surface area contributed by atoms with E-state index in [-0.39, 0.29) is 4.47 Å². The topological polar surface area (TPSA) is 37.8 Å². The maximum Gasteiger partial charge on any atom is 0.173 e. The summed E-state index contributed by atoms with van der Waals surface area (Å²) in [6.45, 7) is 0. The molecule has 1 aromatic carbocycles. The number of benzene rings is 1. The highest BCUT2D eigenvalue weighted by Gasteiger charge is 2.30. The average molecular weight is 419 g/mol. The first kappa shape index (κ1) is 14.8. The maximum absolute atomic E-state index is 13.7. The van der Waals surface area contributed by atoms with Gasteiger partial charge in [-0.15, -0.1) is 0 Å². The summed E-state index contributed by atoms with van der Waals surface area (Å²) < 4.78 is 27.8. The summed E-state index contributed by atoms with van der Waals surface area (Å²) in [4.78, 5) is 8.90. The summed E-state index contributed by atoms with van der Waals surface area (Å²) in [6, 6.07) is 2.55. The van der Waals surface area contributed by atoms with E-state index in [2.05, 4.69) is 47.1 Å². The number of hydrogen-bond donors (Lipinski definition) is 1. The Morgan fingerprint density at radius 3 is 2.48 bits per heavy atom. The molecule has 2 aromatic rings. The molecule has 3 rings (SSSR count). The predicted octanol–water partition coefficient (Wildman–Crippen LogP) is 4.87. The molecule has 1 aromatic heterocycles. The number of hydrogen-bond acceptors (Lipinski definition) is 3. The van der Waals surface area contributed by atoms with Crippen LogP contribution in [-0.2, 0) is 0 Å². The Kier molecular flexibility index (Phi) is 3.96. The quantitative estimate of drug-likeness (QED) is 0.723. The van der Waals surface area contributed by atoms with Gasteiger partial charge in [0, 0.05) is 18.5 Å². The van der Waals surface area contributed by atoms with Gasteiger partial charge in [-0.05, 0) is 56.8 Å². The second-order valence-electron chi connectivity index (χ2n) is 4.84. The molecule has 1 saturated carbocycles. The monoisotopic (exact) mass is 417 g/mol. The molecule has 1 aliphatic rings. The summed E-state index contributed by atoms with van der Waals surface area (Å²) in [5.74, 6) is -0.428. The Morgan fingerprint density at radius 2 is 1.86 bits per heavy atom. The molecule has 0 bridgehead atoms. The minimum Gasteiger partial charge on any atom is -0.372 e. The van der Waals surface area contributed by atoms with E-state index < -0.39 is 11.6 Å². The minimum absolute atomic E-state index is 0.0358. The number of rotatable bonds is 3. The number of aromatic nitrogens is 2. The predicted molar refractivity (Wildman–Crippen MR) is 84.3 cm³/mol. The van der Waals surface area contributed by atoms with E-state index in [4.69, 9.17) is 0 Å². The summed E-state index contributed by atoms with van der Waals surface area (Å²) in [5, 5.41) is 2.99. The molecule has 0 unspecified atom stereocenters. The van der Waals surface area contributed by atoms with Crippen LogP contribution in [0, 0.1) is 11.6 Å². The first-order valence-corrected chi connectivity index (χ1v) is 8.00. The fraction of sp³-hybridized carbons (Fsp3) is 0.286. The van der Waals surface area contributed by atoms with E-state index in [9.17, 15) is 8.78 Å². The van der Waals surface area contributed by atoms with Crippen molar-refractivity contribution in [1.29, 1.82) is 0 Å². The Balaban J connectivity index is 2.18. The minimum atomic E-state index is -0.932. The van der Waals surface area contributed by atoms with Crippen LogP contribution in [0.3, 0.4) is 0 Å². The van der Waals surface area contributed by atoms with Crippen molar-refractivity contribution in [2.75, 3.05) is 12.4 Å². The van der Waals surface area contributed by atoms with Gasteiger partial charge in [0.25, 0.3) is 0 Å². The summed E-state index contributed by atoms with van der Waals surface area (Å²) in [6.07, 6.45) is 2.16. The molecule has 1 heterocycles. The van der Waals surface area contributed by atoms with Crippen LogP contribution >= 0.6 is 31.9 Å². The van der Waals surface area contributed by atoms with Crippen molar-refractivity contribution < 1.29 is 8.78 Å². The lowest BCUT2D eigenvalue weighted by Gasteiger charge is -2.12. The Labute approximate surface area is 137 Å². The third-order valence-corrected chi connectivity index (χ3v) is 4.91. The lowest BCUT2D eigenvalue weighted by atomic mass is 10.2. The van der Waals surface area contributed by atoms with Crippen LogP contribution in [0.15, 0.2) is 21.1 Å². The maximum atomic E-state index is 13.7. The van der Waals surface area contributed by atoms with Crippen molar-refractivity contribution in [3.05, 3.63) is 38.4 Å². The van der Waals surface area contributed by atoms with Gasteiger partial charge in [-0.3, -0.25) is 0 Å². The van der Waals surface area contributed by atoms with Crippen LogP contribution in [-0.4, -0.2) is 17.0 Å². The molecule has 0 aliphatic heterocycles. The van der Waals surface area contributed by atoms with Crippen LogP contribution in [0.1, 0.15) is 24.5 Å². The fourth-order valence-corrected chi connectivity index (χ4v) is 3.27. The zero-order chi connectivity index (χ0) is 15.1. The molecule has 110 valence electrons. The molecule has 7 heteroatoms. The van der Waals surface area contributed by atoms with Crippen molar-refractivity contribution in [2.45, 2.75) is 18.8 Å². The lowest BCUT2D eigenvalue weighted by Crippen LogP contribution is -2.03. The van der Waals surface area contributed by atoms with E-state index in [1.165, 1.54) is 6.07 Å². The standard InChI is InChI=1S/C14H11Br2F2N3/c1-19-14-10(16)12(6-2-3-6)20-13(21-14)7-4-5-8(17)11(18)9(7)15/h4-6H,2-3H2,1H3,(H,19,20,21). The van der Waals surface area contributed by atoms with Crippen LogP contribution in [0.25, 0.3) is 11.4 Å². The van der Waals surface area contributed by atoms with E-state index in [1.807, 2.05) is 0 Å². The van der Waals surface area contributed by atoms with Crippen molar-refractivity contribution in [3.63, 3.8) is 0 Å². The summed E-state index contributed by atoms with van der Waals surface area (Å²) in [7, 11) is 1.76. The molecule has 1 fully saturated rings. The SMILES string of the molecule is CNc1nc(-c2ccc(F)c(F)c2Br)nc(C2CC2)c1Br. The van der Waals surface area contributed by atoms with Crippen molar-refractivity contribution in [3.8, 4) is 11.4 Å². The molecule has 0 radical (unpaired) electrons. The molecule has 3 nitrogen and oxygen atoms in total. The molecule has 1 aliphatic carbocycles. The zero-order valence-electron chi connectivity index (χ0n) is 11.1. The molecule has 0 spiro atoms. The van der Waals surface area contributed by atoms with E-state index in [0.29, 0.717) is 23.1 Å². The van der Waals surface area contributed by atoms with Crippen LogP contribution in [0.2, 0.25) is 0 Å². The van der Waals surface area contributed by atoms with E-state index >= 15 is 0 Å². The molecule has 0 saturated heterocycles. The summed E-state index contributed by atoms with van der Waals surface area (Å²) >= 11 is 6.58. The molecular formula is C14H11Br2F2N3. The van der Waals surface area contributed by atoms with Crippen molar-refractivity contribution >= 4 is 37.7 Å². The van der Waals surface area contributed by atoms with E-state index in [0.717, 1.165) is 29.1 Å². The zero-order valence-corrected chi connectivity index (χ0v) is 14.2. The van der Waals surface area contributed by atoms with Crippen LogP contribution < -0.4 is 5.32 Å². The third-order valence-electron chi connectivity index (χ3n) is 3.35. The Hall–Kier alpha value is -1.08. The fourth-order valence-electron chi connectivity index (χ4n) is 2.08. The lowest BCUT2D eigenvalue weighted by molar-refractivity contribution is 0.504. The second kappa shape index (κ2) is 5.61. The average Bonchev–Trinajstić information content (AvgIpc) is 3.30. The Bertz CT molecular complexity index is 718. The largest absolute Gasteiger partial charge is 0.372 e. The highest BCUT2D eigenvalue weighted by atomic mass is 79.9. The smallest absolute Gasteiger partial charge is 0.173 e. The van der Waals surface area contributed by atoms with Crippen molar-refractivity contribution in [1.82, 2.24) is 9.97 Å². The highest BCUT2D eigenvalue weighted by molar-refractivity contribution is 9.11. The van der Waals surface area contributed by atoms with Gasteiger partial charge >= 0.3 is 0 Å². The molecular weight excluding hydrogens is 408 g/mol.